The summed E-state index contributed by atoms with van der Waals surface area (Å²) < 4.78 is 30.3. The van der Waals surface area contributed by atoms with E-state index >= 15 is 0 Å². The maximum absolute atomic E-state index is 13.4. The van der Waals surface area contributed by atoms with Crippen molar-refractivity contribution in [2.45, 2.75) is 77.8 Å². The largest absolute Gasteiger partial charge is 0.598 e. The van der Waals surface area contributed by atoms with Crippen LogP contribution in [-0.4, -0.2) is 40.6 Å². The molecule has 1 aromatic heterocycles. The molecule has 9 heteroatoms. The zero-order valence-electron chi connectivity index (χ0n) is 23.6. The molecule has 0 bridgehead atoms. The molecule has 0 amide bonds. The van der Waals surface area contributed by atoms with Gasteiger partial charge < -0.3 is 18.6 Å². The summed E-state index contributed by atoms with van der Waals surface area (Å²) in [7, 11) is 0.384. The topological polar surface area (TPSA) is 95.2 Å². The molecule has 3 rings (SSSR count). The Labute approximate surface area is 225 Å². The zero-order valence-corrected chi connectivity index (χ0v) is 25.4. The minimum absolute atomic E-state index is 0.277. The second kappa shape index (κ2) is 11.6. The number of nitrogens with one attached hydrogen (secondary N) is 1. The second-order valence-electron chi connectivity index (χ2n) is 11.7. The number of hydrogen-bond donors (Lipinski definition) is 1. The summed E-state index contributed by atoms with van der Waals surface area (Å²) in [4.78, 5) is 5.00. The fraction of sp³-hybridized carbons (Fsp3) is 0.500. The second-order valence-corrected chi connectivity index (χ2v) is 19.3. The van der Waals surface area contributed by atoms with Gasteiger partial charge in [0.2, 0.25) is 0 Å². The number of nitrogens with zero attached hydrogens (tertiary/aromatic N) is 3. The molecular formula is C28H40N4O3SSi. The molecule has 0 aliphatic rings. The van der Waals surface area contributed by atoms with Gasteiger partial charge in [0.1, 0.15) is 29.1 Å². The van der Waals surface area contributed by atoms with Gasteiger partial charge in [-0.25, -0.2) is 4.98 Å². The van der Waals surface area contributed by atoms with E-state index < -0.39 is 30.2 Å². The molecule has 0 radical (unpaired) electrons. The zero-order chi connectivity index (χ0) is 27.5. The van der Waals surface area contributed by atoms with Gasteiger partial charge in [-0.2, -0.15) is 5.26 Å². The minimum Gasteiger partial charge on any atom is -0.598 e. The van der Waals surface area contributed by atoms with Gasteiger partial charge in [-0.3, -0.25) is 0 Å². The van der Waals surface area contributed by atoms with Gasteiger partial charge >= 0.3 is 0 Å². The van der Waals surface area contributed by atoms with E-state index in [4.69, 9.17) is 14.5 Å². The van der Waals surface area contributed by atoms with Crippen molar-refractivity contribution in [2.24, 2.45) is 0 Å². The Hall–Kier alpha value is -2.35. The average molecular weight is 541 g/mol. The van der Waals surface area contributed by atoms with Gasteiger partial charge in [0.05, 0.1) is 29.8 Å². The van der Waals surface area contributed by atoms with E-state index in [2.05, 4.69) is 36.5 Å². The Bertz CT molecular complexity index is 1290. The van der Waals surface area contributed by atoms with E-state index in [1.165, 1.54) is 0 Å². The van der Waals surface area contributed by atoms with Gasteiger partial charge in [0.25, 0.3) is 0 Å². The van der Waals surface area contributed by atoms with E-state index in [0.717, 1.165) is 33.8 Å². The van der Waals surface area contributed by atoms with Crippen molar-refractivity contribution in [3.05, 3.63) is 58.4 Å². The van der Waals surface area contributed by atoms with Crippen LogP contribution in [0, 0.1) is 25.2 Å². The normalized spacial score (nSPS) is 14.0. The molecule has 0 aliphatic carbocycles. The number of benzene rings is 2. The number of aryl methyl sites for hydroxylation is 2. The molecule has 2 atom stereocenters. The molecule has 0 saturated heterocycles. The Morgan fingerprint density at radius 1 is 1.19 bits per heavy atom. The smallest absolute Gasteiger partial charge is 0.139 e. The van der Waals surface area contributed by atoms with E-state index in [1.54, 1.807) is 13.2 Å². The van der Waals surface area contributed by atoms with Gasteiger partial charge in [-0.1, -0.05) is 25.7 Å². The number of ether oxygens (including phenoxy) is 2. The van der Waals surface area contributed by atoms with Crippen molar-refractivity contribution in [1.29, 1.82) is 5.26 Å². The summed E-state index contributed by atoms with van der Waals surface area (Å²) in [6, 6.07) is 12.3. The van der Waals surface area contributed by atoms with Crippen molar-refractivity contribution in [3.63, 3.8) is 0 Å². The van der Waals surface area contributed by atoms with Gasteiger partial charge in [-0.05, 0) is 76.1 Å². The number of nitriles is 1. The molecule has 1 N–H and O–H groups in total. The lowest BCUT2D eigenvalue weighted by atomic mass is 9.97. The molecule has 1 heterocycles. The molecule has 0 saturated carbocycles. The number of imidazole rings is 1. The highest BCUT2D eigenvalue weighted by atomic mass is 32.2. The molecule has 0 spiro atoms. The average Bonchev–Trinajstić information content (AvgIpc) is 3.16. The molecule has 2 unspecified atom stereocenters. The van der Waals surface area contributed by atoms with Crippen LogP contribution < -0.4 is 9.46 Å². The molecule has 200 valence electrons. The fourth-order valence-corrected chi connectivity index (χ4v) is 5.65. The first-order valence-corrected chi connectivity index (χ1v) is 17.4. The molecule has 3 aromatic rings. The highest BCUT2D eigenvalue weighted by molar-refractivity contribution is 7.90. The van der Waals surface area contributed by atoms with E-state index in [0.29, 0.717) is 23.7 Å². The van der Waals surface area contributed by atoms with Crippen molar-refractivity contribution in [2.75, 3.05) is 13.7 Å². The fourth-order valence-electron chi connectivity index (χ4n) is 4.10. The highest BCUT2D eigenvalue weighted by Crippen LogP contribution is 2.36. The standard InChI is InChI=1S/C28H40N4O3SSi/c1-19-14-20(2)25(24(15-19)34-6)26(31-36(33)28(3,4)5)27-30-22-11-10-21(17-29)16-23(22)32(27)18-35-12-13-37(7,8)9/h10-11,14-16,26,31H,12-13,18H2,1-9H3. The van der Waals surface area contributed by atoms with E-state index in [-0.39, 0.29) is 6.73 Å². The third kappa shape index (κ3) is 7.15. The molecule has 37 heavy (non-hydrogen) atoms. The lowest BCUT2D eigenvalue weighted by Crippen LogP contribution is -2.42. The van der Waals surface area contributed by atoms with Crippen LogP contribution in [0.1, 0.15) is 54.9 Å². The van der Waals surface area contributed by atoms with Crippen LogP contribution in [0.15, 0.2) is 30.3 Å². The molecule has 0 aliphatic heterocycles. The van der Waals surface area contributed by atoms with E-state index in [1.807, 2.05) is 57.4 Å². The van der Waals surface area contributed by atoms with E-state index in [9.17, 15) is 9.81 Å². The first-order valence-electron chi connectivity index (χ1n) is 12.6. The lowest BCUT2D eigenvalue weighted by molar-refractivity contribution is 0.0872. The van der Waals surface area contributed by atoms with Crippen molar-refractivity contribution >= 4 is 30.5 Å². The number of fused-ring (bicyclic) bond motifs is 1. The quantitative estimate of drug-likeness (QED) is 0.193. The van der Waals surface area contributed by atoms with Crippen LogP contribution in [0.5, 0.6) is 5.75 Å². The SMILES string of the molecule is COc1cc(C)cc(C)c1C(N[S+]([O-])C(C)(C)C)c1nc2ccc(C#N)cc2n1COCC[Si](C)(C)C. The first-order chi connectivity index (χ1) is 17.2. The number of hydrogen-bond acceptors (Lipinski definition) is 6. The van der Waals surface area contributed by atoms with Crippen molar-refractivity contribution < 1.29 is 14.0 Å². The summed E-state index contributed by atoms with van der Waals surface area (Å²) in [5, 5.41) is 9.55. The predicted molar refractivity (Wildman–Crippen MR) is 154 cm³/mol. The molecular weight excluding hydrogens is 500 g/mol. The molecule has 2 aromatic carbocycles. The number of methoxy groups -OCH3 is 1. The Morgan fingerprint density at radius 2 is 1.89 bits per heavy atom. The Balaban J connectivity index is 2.21. The van der Waals surface area contributed by atoms with Crippen molar-refractivity contribution in [3.8, 4) is 11.8 Å². The third-order valence-electron chi connectivity index (χ3n) is 6.16. The van der Waals surface area contributed by atoms with Crippen LogP contribution >= 0.6 is 0 Å². The third-order valence-corrected chi connectivity index (χ3v) is 9.43. The maximum Gasteiger partial charge on any atom is 0.139 e. The maximum atomic E-state index is 13.4. The van der Waals surface area contributed by atoms with Gasteiger partial charge in [0, 0.05) is 31.6 Å². The predicted octanol–water partition coefficient (Wildman–Crippen LogP) is 5.99. The van der Waals surface area contributed by atoms with Crippen LogP contribution in [0.4, 0.5) is 0 Å². The van der Waals surface area contributed by atoms with Crippen LogP contribution in [0.2, 0.25) is 25.7 Å². The van der Waals surface area contributed by atoms with Crippen molar-refractivity contribution in [1.82, 2.24) is 14.3 Å². The summed E-state index contributed by atoms with van der Waals surface area (Å²) in [5.41, 5.74) is 5.07. The van der Waals surface area contributed by atoms with Crippen LogP contribution in [-0.2, 0) is 22.8 Å². The summed E-state index contributed by atoms with van der Waals surface area (Å²) >= 11 is -1.39. The summed E-state index contributed by atoms with van der Waals surface area (Å²) in [5.74, 6) is 1.37. The summed E-state index contributed by atoms with van der Waals surface area (Å²) in [6.45, 7) is 17.8. The first kappa shape index (κ1) is 29.2. The van der Waals surface area contributed by atoms with Gasteiger partial charge in [-0.15, -0.1) is 4.72 Å². The molecule has 7 nitrogen and oxygen atoms in total. The monoisotopic (exact) mass is 540 g/mol. The highest BCUT2D eigenvalue weighted by Gasteiger charge is 2.35. The molecule has 0 fully saturated rings. The minimum atomic E-state index is -1.39. The number of rotatable bonds is 10. The number of aromatic nitrogens is 2. The Morgan fingerprint density at radius 3 is 2.49 bits per heavy atom. The Kier molecular flexibility index (Phi) is 9.14. The van der Waals surface area contributed by atoms with Crippen LogP contribution in [0.3, 0.4) is 0 Å². The van der Waals surface area contributed by atoms with Gasteiger partial charge in [0.15, 0.2) is 0 Å². The summed E-state index contributed by atoms with van der Waals surface area (Å²) in [6.07, 6.45) is 0. The van der Waals surface area contributed by atoms with Crippen LogP contribution in [0.25, 0.3) is 11.0 Å². The lowest BCUT2D eigenvalue weighted by Gasteiger charge is -2.29.